The van der Waals surface area contributed by atoms with E-state index in [1.807, 2.05) is 0 Å². The van der Waals surface area contributed by atoms with Crippen LogP contribution >= 0.6 is 0 Å². The lowest BCUT2D eigenvalue weighted by Crippen LogP contribution is -2.45. The lowest BCUT2D eigenvalue weighted by molar-refractivity contribution is 0.163. The molecule has 1 amide bonds. The first-order chi connectivity index (χ1) is 5.90. The molecule has 0 spiro atoms. The van der Waals surface area contributed by atoms with Crippen molar-refractivity contribution in [1.29, 1.82) is 0 Å². The van der Waals surface area contributed by atoms with E-state index >= 15 is 0 Å². The van der Waals surface area contributed by atoms with Crippen LogP contribution in [-0.2, 0) is 4.74 Å². The smallest absolute Gasteiger partial charge is 0.409 e. The van der Waals surface area contributed by atoms with Gasteiger partial charge in [0.15, 0.2) is 0 Å². The summed E-state index contributed by atoms with van der Waals surface area (Å²) < 4.78 is 4.89. The molecule has 1 unspecified atom stereocenters. The van der Waals surface area contributed by atoms with Crippen molar-refractivity contribution in [3.05, 3.63) is 0 Å². The van der Waals surface area contributed by atoms with E-state index in [9.17, 15) is 4.79 Å². The molecule has 1 aliphatic heterocycles. The second kappa shape index (κ2) is 3.54. The third kappa shape index (κ3) is 2.88. The summed E-state index contributed by atoms with van der Waals surface area (Å²) in [5, 5.41) is 3.34. The Morgan fingerprint density at radius 1 is 1.62 bits per heavy atom. The van der Waals surface area contributed by atoms with Gasteiger partial charge in [-0.3, -0.25) is 0 Å². The minimum absolute atomic E-state index is 0.0898. The highest BCUT2D eigenvalue weighted by molar-refractivity contribution is 5.69. The summed E-state index contributed by atoms with van der Waals surface area (Å²) >= 11 is 0. The normalized spacial score (nSPS) is 23.5. The van der Waals surface area contributed by atoms with Gasteiger partial charge in [0.2, 0.25) is 0 Å². The van der Waals surface area contributed by atoms with E-state index in [-0.39, 0.29) is 17.7 Å². The maximum Gasteiger partial charge on any atom is 0.409 e. The fourth-order valence-corrected chi connectivity index (χ4v) is 1.15. The molecule has 76 valence electrons. The van der Waals surface area contributed by atoms with Crippen LogP contribution < -0.4 is 5.32 Å². The highest BCUT2D eigenvalue weighted by atomic mass is 16.6. The number of carbonyl (C=O) groups is 1. The number of hydrogen-bond donors (Lipinski definition) is 1. The quantitative estimate of drug-likeness (QED) is 0.694. The van der Waals surface area contributed by atoms with Crippen molar-refractivity contribution < 1.29 is 9.53 Å². The summed E-state index contributed by atoms with van der Waals surface area (Å²) in [6.07, 6.45) is -0.222. The Morgan fingerprint density at radius 3 is 2.62 bits per heavy atom. The SMILES string of the molecule is CN1C(=O)OCC1CNC(C)(C)C. The van der Waals surface area contributed by atoms with Gasteiger partial charge in [0.1, 0.15) is 6.61 Å². The number of nitrogens with zero attached hydrogens (tertiary/aromatic N) is 1. The number of hydrogen-bond acceptors (Lipinski definition) is 3. The second-order valence-electron chi connectivity index (χ2n) is 4.47. The van der Waals surface area contributed by atoms with Crippen LogP contribution in [-0.4, -0.2) is 42.8 Å². The van der Waals surface area contributed by atoms with E-state index in [1.165, 1.54) is 0 Å². The maximum absolute atomic E-state index is 11.0. The van der Waals surface area contributed by atoms with Crippen molar-refractivity contribution in [3.8, 4) is 0 Å². The molecule has 0 aromatic carbocycles. The molecule has 0 aromatic heterocycles. The zero-order chi connectivity index (χ0) is 10.1. The molecule has 0 saturated carbocycles. The Bertz CT molecular complexity index is 198. The van der Waals surface area contributed by atoms with Crippen LogP contribution in [0.15, 0.2) is 0 Å². The molecule has 0 aliphatic carbocycles. The van der Waals surface area contributed by atoms with E-state index in [1.54, 1.807) is 11.9 Å². The third-order valence-electron chi connectivity index (χ3n) is 2.10. The van der Waals surface area contributed by atoms with Gasteiger partial charge >= 0.3 is 6.09 Å². The summed E-state index contributed by atoms with van der Waals surface area (Å²) in [7, 11) is 1.77. The molecular formula is C9H18N2O2. The molecule has 1 heterocycles. The number of carbonyl (C=O) groups excluding carboxylic acids is 1. The predicted octanol–water partition coefficient (Wildman–Crippen LogP) is 0.825. The van der Waals surface area contributed by atoms with Gasteiger partial charge in [-0.15, -0.1) is 0 Å². The molecule has 0 radical (unpaired) electrons. The minimum Gasteiger partial charge on any atom is -0.447 e. The lowest BCUT2D eigenvalue weighted by atomic mass is 10.1. The first-order valence-corrected chi connectivity index (χ1v) is 4.55. The summed E-state index contributed by atoms with van der Waals surface area (Å²) in [5.41, 5.74) is 0.0898. The van der Waals surface area contributed by atoms with Gasteiger partial charge in [-0.25, -0.2) is 4.79 Å². The zero-order valence-corrected chi connectivity index (χ0v) is 8.76. The van der Waals surface area contributed by atoms with Gasteiger partial charge in [0.25, 0.3) is 0 Å². The van der Waals surface area contributed by atoms with Crippen LogP contribution in [0.25, 0.3) is 0 Å². The van der Waals surface area contributed by atoms with Gasteiger partial charge in [0, 0.05) is 19.1 Å². The van der Waals surface area contributed by atoms with Gasteiger partial charge in [-0.1, -0.05) is 0 Å². The molecular weight excluding hydrogens is 168 g/mol. The Kier molecular flexibility index (Phi) is 2.81. The number of cyclic esters (lactones) is 1. The van der Waals surface area contributed by atoms with Crippen molar-refractivity contribution >= 4 is 6.09 Å². The molecule has 1 N–H and O–H groups in total. The minimum atomic E-state index is -0.222. The largest absolute Gasteiger partial charge is 0.447 e. The standard InChI is InChI=1S/C9H18N2O2/c1-9(2,3)10-5-7-6-13-8(12)11(7)4/h7,10H,5-6H2,1-4H3. The number of rotatable bonds is 2. The average molecular weight is 186 g/mol. The lowest BCUT2D eigenvalue weighted by Gasteiger charge is -2.24. The van der Waals surface area contributed by atoms with E-state index in [0.717, 1.165) is 6.54 Å². The van der Waals surface area contributed by atoms with Crippen molar-refractivity contribution in [2.75, 3.05) is 20.2 Å². The van der Waals surface area contributed by atoms with Crippen molar-refractivity contribution in [1.82, 2.24) is 10.2 Å². The summed E-state index contributed by atoms with van der Waals surface area (Å²) in [5.74, 6) is 0. The van der Waals surface area contributed by atoms with Crippen LogP contribution in [0.1, 0.15) is 20.8 Å². The van der Waals surface area contributed by atoms with Crippen molar-refractivity contribution in [2.24, 2.45) is 0 Å². The van der Waals surface area contributed by atoms with E-state index in [2.05, 4.69) is 26.1 Å². The Hall–Kier alpha value is -0.770. The molecule has 0 aromatic rings. The molecule has 13 heavy (non-hydrogen) atoms. The first-order valence-electron chi connectivity index (χ1n) is 4.55. The molecule has 1 saturated heterocycles. The molecule has 4 nitrogen and oxygen atoms in total. The Labute approximate surface area is 79.2 Å². The fraction of sp³-hybridized carbons (Fsp3) is 0.889. The van der Waals surface area contributed by atoms with E-state index in [4.69, 9.17) is 4.74 Å². The molecule has 1 fully saturated rings. The van der Waals surface area contributed by atoms with Crippen LogP contribution in [0.5, 0.6) is 0 Å². The Balaban J connectivity index is 2.35. The zero-order valence-electron chi connectivity index (χ0n) is 8.76. The van der Waals surface area contributed by atoms with Crippen LogP contribution in [0.2, 0.25) is 0 Å². The van der Waals surface area contributed by atoms with Gasteiger partial charge < -0.3 is 15.0 Å². The highest BCUT2D eigenvalue weighted by Gasteiger charge is 2.29. The van der Waals surface area contributed by atoms with Crippen molar-refractivity contribution in [2.45, 2.75) is 32.4 Å². The van der Waals surface area contributed by atoms with E-state index < -0.39 is 0 Å². The number of ether oxygens (including phenoxy) is 1. The number of likely N-dealkylation sites (N-methyl/N-ethyl adjacent to an activating group) is 1. The number of amides is 1. The summed E-state index contributed by atoms with van der Waals surface area (Å²) in [6, 6.07) is 0.173. The van der Waals surface area contributed by atoms with Crippen LogP contribution in [0, 0.1) is 0 Å². The van der Waals surface area contributed by atoms with Gasteiger partial charge in [-0.05, 0) is 20.8 Å². The van der Waals surface area contributed by atoms with Crippen LogP contribution in [0.4, 0.5) is 4.79 Å². The van der Waals surface area contributed by atoms with E-state index in [0.29, 0.717) is 6.61 Å². The average Bonchev–Trinajstić information content (AvgIpc) is 2.29. The van der Waals surface area contributed by atoms with Crippen molar-refractivity contribution in [3.63, 3.8) is 0 Å². The Morgan fingerprint density at radius 2 is 2.23 bits per heavy atom. The summed E-state index contributed by atoms with van der Waals surface area (Å²) in [6.45, 7) is 7.59. The fourth-order valence-electron chi connectivity index (χ4n) is 1.15. The van der Waals surface area contributed by atoms with Crippen LogP contribution in [0.3, 0.4) is 0 Å². The molecule has 4 heteroatoms. The predicted molar refractivity (Wildman–Crippen MR) is 50.7 cm³/mol. The highest BCUT2D eigenvalue weighted by Crippen LogP contribution is 2.09. The molecule has 1 rings (SSSR count). The molecule has 1 atom stereocenters. The first kappa shape index (κ1) is 10.3. The molecule has 0 bridgehead atoms. The van der Waals surface area contributed by atoms with Gasteiger partial charge in [-0.2, -0.15) is 0 Å². The number of nitrogens with one attached hydrogen (secondary N) is 1. The topological polar surface area (TPSA) is 41.6 Å². The third-order valence-corrected chi connectivity index (χ3v) is 2.10. The second-order valence-corrected chi connectivity index (χ2v) is 4.47. The van der Waals surface area contributed by atoms with Gasteiger partial charge in [0.05, 0.1) is 6.04 Å². The molecule has 1 aliphatic rings. The maximum atomic E-state index is 11.0. The monoisotopic (exact) mass is 186 g/mol. The summed E-state index contributed by atoms with van der Waals surface area (Å²) in [4.78, 5) is 12.6.